The van der Waals surface area contributed by atoms with E-state index >= 15 is 0 Å². The molecule has 1 fully saturated rings. The van der Waals surface area contributed by atoms with E-state index in [0.29, 0.717) is 6.42 Å². The fraction of sp³-hybridized carbons (Fsp3) is 0.538. The third-order valence-electron chi connectivity index (χ3n) is 3.12. The molecule has 0 unspecified atom stereocenters. The fourth-order valence-corrected chi connectivity index (χ4v) is 2.15. The van der Waals surface area contributed by atoms with E-state index in [9.17, 15) is 4.39 Å². The summed E-state index contributed by atoms with van der Waals surface area (Å²) in [5, 5.41) is 3.25. The van der Waals surface area contributed by atoms with Crippen LogP contribution < -0.4 is 10.1 Å². The third kappa shape index (κ3) is 2.65. The van der Waals surface area contributed by atoms with Crippen LogP contribution in [0.3, 0.4) is 0 Å². The number of methoxy groups -OCH3 is 1. The van der Waals surface area contributed by atoms with Gasteiger partial charge in [-0.2, -0.15) is 0 Å². The van der Waals surface area contributed by atoms with Gasteiger partial charge in [-0.15, -0.1) is 0 Å². The van der Waals surface area contributed by atoms with Gasteiger partial charge in [-0.1, -0.05) is 12.8 Å². The summed E-state index contributed by atoms with van der Waals surface area (Å²) in [4.78, 5) is 0. The quantitative estimate of drug-likeness (QED) is 0.848. The number of rotatable bonds is 3. The molecule has 2 rings (SSSR count). The Hall–Kier alpha value is -1.25. The second kappa shape index (κ2) is 5.19. The molecule has 0 spiro atoms. The van der Waals surface area contributed by atoms with Crippen molar-refractivity contribution in [3.05, 3.63) is 24.3 Å². The monoisotopic (exact) mass is 223 g/mol. The molecule has 0 radical (unpaired) electrons. The van der Waals surface area contributed by atoms with Gasteiger partial charge in [-0.05, 0) is 37.1 Å². The number of hydrogen-bond acceptors (Lipinski definition) is 2. The Labute approximate surface area is 95.8 Å². The predicted molar refractivity (Wildman–Crippen MR) is 63.8 cm³/mol. The summed E-state index contributed by atoms with van der Waals surface area (Å²) in [7, 11) is 1.64. The zero-order chi connectivity index (χ0) is 11.4. The Morgan fingerprint density at radius 3 is 2.50 bits per heavy atom. The van der Waals surface area contributed by atoms with Gasteiger partial charge in [-0.3, -0.25) is 0 Å². The topological polar surface area (TPSA) is 21.3 Å². The zero-order valence-corrected chi connectivity index (χ0v) is 9.58. The van der Waals surface area contributed by atoms with Crippen molar-refractivity contribution in [2.45, 2.75) is 37.9 Å². The minimum Gasteiger partial charge on any atom is -0.497 e. The number of hydrogen-bond donors (Lipinski definition) is 1. The minimum atomic E-state index is -0.712. The first-order valence-electron chi connectivity index (χ1n) is 5.84. The fourth-order valence-electron chi connectivity index (χ4n) is 2.15. The van der Waals surface area contributed by atoms with Gasteiger partial charge in [0.15, 0.2) is 0 Å². The summed E-state index contributed by atoms with van der Waals surface area (Å²) >= 11 is 0. The lowest BCUT2D eigenvalue weighted by Gasteiger charge is -2.27. The van der Waals surface area contributed by atoms with Gasteiger partial charge < -0.3 is 10.1 Å². The molecule has 0 bridgehead atoms. The molecule has 1 saturated carbocycles. The van der Waals surface area contributed by atoms with Crippen LogP contribution in [0.1, 0.15) is 25.7 Å². The maximum absolute atomic E-state index is 13.6. The first-order chi connectivity index (χ1) is 7.79. The molecule has 0 aliphatic heterocycles. The second-order valence-electron chi connectivity index (χ2n) is 4.28. The number of nitrogens with one attached hydrogen (secondary N) is 1. The average molecular weight is 223 g/mol. The standard InChI is InChI=1S/C13H18FNO/c1-16-11-8-6-10(7-9-11)15-13-5-3-2-4-12(13)14/h6-9,12-13,15H,2-5H2,1H3/t12-,13+/m1/s1. The van der Waals surface area contributed by atoms with Crippen molar-refractivity contribution in [3.63, 3.8) is 0 Å². The van der Waals surface area contributed by atoms with Crippen LogP contribution in [0, 0.1) is 0 Å². The number of ether oxygens (including phenoxy) is 1. The summed E-state index contributed by atoms with van der Waals surface area (Å²) in [6.07, 6.45) is 3.04. The van der Waals surface area contributed by atoms with Crippen LogP contribution in [0.5, 0.6) is 5.75 Å². The highest BCUT2D eigenvalue weighted by Crippen LogP contribution is 2.25. The maximum atomic E-state index is 13.6. The molecule has 1 aliphatic carbocycles. The molecule has 1 aromatic rings. The Morgan fingerprint density at radius 1 is 1.19 bits per heavy atom. The molecule has 88 valence electrons. The highest BCUT2D eigenvalue weighted by atomic mass is 19.1. The van der Waals surface area contributed by atoms with E-state index < -0.39 is 6.17 Å². The van der Waals surface area contributed by atoms with E-state index in [4.69, 9.17) is 4.74 Å². The molecule has 0 aromatic heterocycles. The highest BCUT2D eigenvalue weighted by molar-refractivity contribution is 5.47. The summed E-state index contributed by atoms with van der Waals surface area (Å²) in [5.41, 5.74) is 0.968. The molecule has 1 N–H and O–H groups in total. The van der Waals surface area contributed by atoms with Crippen molar-refractivity contribution in [1.82, 2.24) is 0 Å². The number of alkyl halides is 1. The molecule has 0 heterocycles. The van der Waals surface area contributed by atoms with Crippen LogP contribution in [0.25, 0.3) is 0 Å². The molecule has 2 atom stereocenters. The van der Waals surface area contributed by atoms with Crippen molar-refractivity contribution in [2.75, 3.05) is 12.4 Å². The molecule has 1 aromatic carbocycles. The first-order valence-corrected chi connectivity index (χ1v) is 5.84. The van der Waals surface area contributed by atoms with Gasteiger partial charge in [0.2, 0.25) is 0 Å². The summed E-state index contributed by atoms with van der Waals surface area (Å²) < 4.78 is 18.7. The van der Waals surface area contributed by atoms with Gasteiger partial charge >= 0.3 is 0 Å². The molecule has 0 amide bonds. The van der Waals surface area contributed by atoms with Crippen molar-refractivity contribution < 1.29 is 9.13 Å². The molecule has 3 heteroatoms. The van der Waals surface area contributed by atoms with Crippen LogP contribution in [-0.4, -0.2) is 19.3 Å². The minimum absolute atomic E-state index is 0.0258. The van der Waals surface area contributed by atoms with Crippen LogP contribution in [0.15, 0.2) is 24.3 Å². The molecular weight excluding hydrogens is 205 g/mol. The number of benzene rings is 1. The van der Waals surface area contributed by atoms with E-state index in [1.165, 1.54) is 0 Å². The second-order valence-corrected chi connectivity index (χ2v) is 4.28. The van der Waals surface area contributed by atoms with Crippen molar-refractivity contribution in [2.24, 2.45) is 0 Å². The van der Waals surface area contributed by atoms with Gasteiger partial charge in [0.1, 0.15) is 11.9 Å². The Balaban J connectivity index is 1.96. The average Bonchev–Trinajstić information content (AvgIpc) is 2.33. The summed E-state index contributed by atoms with van der Waals surface area (Å²) in [6, 6.07) is 7.61. The molecule has 1 aliphatic rings. The third-order valence-corrected chi connectivity index (χ3v) is 3.12. The summed E-state index contributed by atoms with van der Waals surface area (Å²) in [6.45, 7) is 0. The first kappa shape index (κ1) is 11.2. The van der Waals surface area contributed by atoms with Crippen LogP contribution in [0.4, 0.5) is 10.1 Å². The highest BCUT2D eigenvalue weighted by Gasteiger charge is 2.24. The normalized spacial score (nSPS) is 25.1. The van der Waals surface area contributed by atoms with Crippen LogP contribution >= 0.6 is 0 Å². The smallest absolute Gasteiger partial charge is 0.120 e. The molecule has 16 heavy (non-hydrogen) atoms. The van der Waals surface area contributed by atoms with E-state index in [2.05, 4.69) is 5.32 Å². The van der Waals surface area contributed by atoms with Gasteiger partial charge in [0.25, 0.3) is 0 Å². The van der Waals surface area contributed by atoms with E-state index in [-0.39, 0.29) is 6.04 Å². The number of halogens is 1. The van der Waals surface area contributed by atoms with E-state index in [1.54, 1.807) is 7.11 Å². The van der Waals surface area contributed by atoms with Gasteiger partial charge in [0.05, 0.1) is 13.2 Å². The molecular formula is C13H18FNO. The lowest BCUT2D eigenvalue weighted by Crippen LogP contribution is -2.33. The lowest BCUT2D eigenvalue weighted by molar-refractivity contribution is 0.230. The largest absolute Gasteiger partial charge is 0.497 e. The molecule has 2 nitrogen and oxygen atoms in total. The predicted octanol–water partition coefficient (Wildman–Crippen LogP) is 3.39. The van der Waals surface area contributed by atoms with Gasteiger partial charge in [0, 0.05) is 5.69 Å². The molecule has 0 saturated heterocycles. The SMILES string of the molecule is COc1ccc(N[C@H]2CCCC[C@H]2F)cc1. The van der Waals surface area contributed by atoms with Crippen molar-refractivity contribution in [3.8, 4) is 5.75 Å². The Morgan fingerprint density at radius 2 is 1.88 bits per heavy atom. The lowest BCUT2D eigenvalue weighted by atomic mass is 9.93. The zero-order valence-electron chi connectivity index (χ0n) is 9.58. The summed E-state index contributed by atoms with van der Waals surface area (Å²) in [5.74, 6) is 0.825. The van der Waals surface area contributed by atoms with Gasteiger partial charge in [-0.25, -0.2) is 4.39 Å². The van der Waals surface area contributed by atoms with Crippen molar-refractivity contribution >= 4 is 5.69 Å². The Bertz CT molecular complexity index is 325. The van der Waals surface area contributed by atoms with Crippen LogP contribution in [0.2, 0.25) is 0 Å². The van der Waals surface area contributed by atoms with Crippen LogP contribution in [-0.2, 0) is 0 Å². The number of anilines is 1. The van der Waals surface area contributed by atoms with E-state index in [0.717, 1.165) is 30.7 Å². The van der Waals surface area contributed by atoms with Crippen molar-refractivity contribution in [1.29, 1.82) is 0 Å². The maximum Gasteiger partial charge on any atom is 0.120 e. The van der Waals surface area contributed by atoms with E-state index in [1.807, 2.05) is 24.3 Å². The Kier molecular flexibility index (Phi) is 3.65.